The first kappa shape index (κ1) is 10.7. The van der Waals surface area contributed by atoms with Crippen molar-refractivity contribution in [3.63, 3.8) is 0 Å². The van der Waals surface area contributed by atoms with E-state index in [-0.39, 0.29) is 0 Å². The van der Waals surface area contributed by atoms with E-state index in [1.165, 1.54) is 0 Å². The van der Waals surface area contributed by atoms with Gasteiger partial charge in [0.2, 0.25) is 0 Å². The van der Waals surface area contributed by atoms with Gasteiger partial charge >= 0.3 is 0 Å². The zero-order valence-electron chi connectivity index (χ0n) is 7.88. The minimum absolute atomic E-state index is 0.607. The molecule has 1 aromatic carbocycles. The molecular weight excluding hydrogens is 202 g/mol. The maximum absolute atomic E-state index is 6.02. The number of nitrogen functional groups attached to an aromatic ring is 1. The van der Waals surface area contributed by atoms with E-state index >= 15 is 0 Å². The quantitative estimate of drug-likeness (QED) is 0.781. The smallest absolute Gasteiger partial charge is 0.0466 e. The number of anilines is 1. The van der Waals surface area contributed by atoms with Crippen molar-refractivity contribution in [2.75, 3.05) is 5.73 Å². The van der Waals surface area contributed by atoms with Crippen LogP contribution in [0, 0.1) is 0 Å². The molecule has 0 saturated carbocycles. The number of rotatable bonds is 3. The molecule has 13 heavy (non-hydrogen) atoms. The second kappa shape index (κ2) is 4.77. The lowest BCUT2D eigenvalue weighted by atomic mass is 10.2. The lowest BCUT2D eigenvalue weighted by Crippen LogP contribution is -1.95. The van der Waals surface area contributed by atoms with Gasteiger partial charge in [-0.1, -0.05) is 31.5 Å². The summed E-state index contributed by atoms with van der Waals surface area (Å²) in [6.07, 6.45) is 0. The van der Waals surface area contributed by atoms with Crippen molar-refractivity contribution < 1.29 is 0 Å². The Bertz CT molecular complexity index is 266. The number of benzene rings is 1. The topological polar surface area (TPSA) is 26.0 Å². The van der Waals surface area contributed by atoms with Crippen molar-refractivity contribution >= 4 is 29.1 Å². The summed E-state index contributed by atoms with van der Waals surface area (Å²) < 4.78 is 0. The summed E-state index contributed by atoms with van der Waals surface area (Å²) in [7, 11) is 0. The predicted octanol–water partition coefficient (Wildman–Crippen LogP) is 3.56. The monoisotopic (exact) mass is 215 g/mol. The van der Waals surface area contributed by atoms with E-state index in [4.69, 9.17) is 17.3 Å². The van der Waals surface area contributed by atoms with Crippen LogP contribution in [-0.2, 0) is 5.75 Å². The Balaban J connectivity index is 2.75. The van der Waals surface area contributed by atoms with Crippen molar-refractivity contribution in [3.05, 3.63) is 28.8 Å². The van der Waals surface area contributed by atoms with Gasteiger partial charge in [-0.15, -0.1) is 0 Å². The second-order valence-corrected chi connectivity index (χ2v) is 5.14. The summed E-state index contributed by atoms with van der Waals surface area (Å²) in [6.45, 7) is 4.33. The van der Waals surface area contributed by atoms with Crippen LogP contribution in [0.4, 0.5) is 5.69 Å². The van der Waals surface area contributed by atoms with Crippen LogP contribution in [0.15, 0.2) is 18.2 Å². The highest BCUT2D eigenvalue weighted by Gasteiger charge is 2.05. The van der Waals surface area contributed by atoms with E-state index < -0.39 is 0 Å². The first-order valence-corrected chi connectivity index (χ1v) is 5.68. The molecule has 0 saturated heterocycles. The Hall–Kier alpha value is -0.340. The molecule has 0 unspecified atom stereocenters. The molecule has 72 valence electrons. The first-order chi connectivity index (χ1) is 6.11. The molecule has 0 amide bonds. The Labute approximate surface area is 88.7 Å². The summed E-state index contributed by atoms with van der Waals surface area (Å²) in [5, 5.41) is 1.38. The van der Waals surface area contributed by atoms with Crippen molar-refractivity contribution in [3.8, 4) is 0 Å². The molecule has 2 N–H and O–H groups in total. The van der Waals surface area contributed by atoms with Crippen molar-refractivity contribution in [1.82, 2.24) is 0 Å². The van der Waals surface area contributed by atoms with Crippen LogP contribution in [0.3, 0.4) is 0 Å². The van der Waals surface area contributed by atoms with Crippen molar-refractivity contribution in [1.29, 1.82) is 0 Å². The molecule has 1 aromatic rings. The van der Waals surface area contributed by atoms with Crippen LogP contribution < -0.4 is 5.73 Å². The van der Waals surface area contributed by atoms with E-state index in [1.54, 1.807) is 0 Å². The van der Waals surface area contributed by atoms with Crippen molar-refractivity contribution in [2.45, 2.75) is 24.9 Å². The number of hydrogen-bond acceptors (Lipinski definition) is 2. The molecule has 1 nitrogen and oxygen atoms in total. The fraction of sp³-hybridized carbons (Fsp3) is 0.400. The van der Waals surface area contributed by atoms with Crippen LogP contribution >= 0.6 is 23.4 Å². The summed E-state index contributed by atoms with van der Waals surface area (Å²) in [4.78, 5) is 0. The Morgan fingerprint density at radius 2 is 2.15 bits per heavy atom. The summed E-state index contributed by atoms with van der Waals surface area (Å²) >= 11 is 7.87. The molecule has 0 radical (unpaired) electrons. The average Bonchev–Trinajstić information content (AvgIpc) is 2.03. The van der Waals surface area contributed by atoms with Gasteiger partial charge in [0.05, 0.1) is 0 Å². The highest BCUT2D eigenvalue weighted by molar-refractivity contribution is 7.99. The van der Waals surface area contributed by atoms with Gasteiger partial charge in [0.25, 0.3) is 0 Å². The molecule has 3 heteroatoms. The molecule has 0 heterocycles. The van der Waals surface area contributed by atoms with Gasteiger partial charge in [-0.3, -0.25) is 0 Å². The first-order valence-electron chi connectivity index (χ1n) is 4.25. The summed E-state index contributed by atoms with van der Waals surface area (Å²) in [6, 6.07) is 5.65. The van der Waals surface area contributed by atoms with Gasteiger partial charge < -0.3 is 5.73 Å². The van der Waals surface area contributed by atoms with Gasteiger partial charge in [0.15, 0.2) is 0 Å². The minimum Gasteiger partial charge on any atom is -0.398 e. The van der Waals surface area contributed by atoms with Crippen LogP contribution in [0.25, 0.3) is 0 Å². The maximum atomic E-state index is 6.02. The van der Waals surface area contributed by atoms with Gasteiger partial charge in [-0.25, -0.2) is 0 Å². The highest BCUT2D eigenvalue weighted by atomic mass is 35.5. The van der Waals surface area contributed by atoms with Crippen molar-refractivity contribution in [2.24, 2.45) is 0 Å². The second-order valence-electron chi connectivity index (χ2n) is 3.17. The maximum Gasteiger partial charge on any atom is 0.0466 e. The molecule has 0 aliphatic rings. The molecule has 1 rings (SSSR count). The lowest BCUT2D eigenvalue weighted by Gasteiger charge is -2.09. The minimum atomic E-state index is 0.607. The van der Waals surface area contributed by atoms with Crippen LogP contribution in [0.1, 0.15) is 19.4 Å². The van der Waals surface area contributed by atoms with E-state index in [9.17, 15) is 0 Å². The zero-order chi connectivity index (χ0) is 9.84. The van der Waals surface area contributed by atoms with Gasteiger partial charge in [0, 0.05) is 22.0 Å². The van der Waals surface area contributed by atoms with E-state index in [0.717, 1.165) is 22.0 Å². The molecule has 0 fully saturated rings. The molecule has 0 spiro atoms. The molecule has 0 aliphatic carbocycles. The highest BCUT2D eigenvalue weighted by Crippen LogP contribution is 2.27. The average molecular weight is 216 g/mol. The number of nitrogens with two attached hydrogens (primary N) is 1. The number of thioether (sulfide) groups is 1. The van der Waals surface area contributed by atoms with Crippen LogP contribution in [0.2, 0.25) is 5.02 Å². The number of halogens is 1. The predicted molar refractivity (Wildman–Crippen MR) is 62.3 cm³/mol. The van der Waals surface area contributed by atoms with E-state index in [0.29, 0.717) is 5.25 Å². The van der Waals surface area contributed by atoms with Crippen LogP contribution in [-0.4, -0.2) is 5.25 Å². The van der Waals surface area contributed by atoms with E-state index in [1.807, 2.05) is 30.0 Å². The molecule has 0 aromatic heterocycles. The number of hydrogen-bond donors (Lipinski definition) is 1. The molecule has 0 aliphatic heterocycles. The largest absolute Gasteiger partial charge is 0.398 e. The normalized spacial score (nSPS) is 10.8. The Morgan fingerprint density at radius 1 is 1.46 bits per heavy atom. The zero-order valence-corrected chi connectivity index (χ0v) is 9.45. The van der Waals surface area contributed by atoms with Gasteiger partial charge in [0.1, 0.15) is 0 Å². The molecular formula is C10H14ClNS. The third-order valence-corrected chi connectivity index (χ3v) is 3.19. The van der Waals surface area contributed by atoms with Gasteiger partial charge in [-0.05, 0) is 17.4 Å². The SMILES string of the molecule is CC(C)SCc1c(N)cccc1Cl. The Kier molecular flexibility index (Phi) is 3.94. The summed E-state index contributed by atoms with van der Waals surface area (Å²) in [5.74, 6) is 0.892. The molecule has 0 bridgehead atoms. The lowest BCUT2D eigenvalue weighted by molar-refractivity contribution is 1.11. The van der Waals surface area contributed by atoms with E-state index in [2.05, 4.69) is 13.8 Å². The third-order valence-electron chi connectivity index (χ3n) is 1.72. The standard InChI is InChI=1S/C10H14ClNS/c1-7(2)13-6-8-9(11)4-3-5-10(8)12/h3-5,7H,6,12H2,1-2H3. The fourth-order valence-electron chi connectivity index (χ4n) is 0.978. The fourth-order valence-corrected chi connectivity index (χ4v) is 2.13. The van der Waals surface area contributed by atoms with Crippen LogP contribution in [0.5, 0.6) is 0 Å². The third kappa shape index (κ3) is 3.12. The molecule has 0 atom stereocenters. The summed E-state index contributed by atoms with van der Waals surface area (Å²) in [5.41, 5.74) is 7.66. The Morgan fingerprint density at radius 3 is 2.69 bits per heavy atom. The van der Waals surface area contributed by atoms with Gasteiger partial charge in [-0.2, -0.15) is 11.8 Å².